The summed E-state index contributed by atoms with van der Waals surface area (Å²) in [5.41, 5.74) is -1.35. The van der Waals surface area contributed by atoms with Crippen LogP contribution in [0.5, 0.6) is 0 Å². The van der Waals surface area contributed by atoms with E-state index in [1.165, 1.54) is 0 Å². The summed E-state index contributed by atoms with van der Waals surface area (Å²) in [6.07, 6.45) is 0.159. The van der Waals surface area contributed by atoms with Gasteiger partial charge in [-0.2, -0.15) is 0 Å². The number of nitro benzene ring substituents is 1. The molecule has 0 aromatic heterocycles. The van der Waals surface area contributed by atoms with Gasteiger partial charge in [-0.1, -0.05) is 0 Å². The van der Waals surface area contributed by atoms with Gasteiger partial charge in [0.25, 0.3) is 5.69 Å². The van der Waals surface area contributed by atoms with Gasteiger partial charge >= 0.3 is 0 Å². The number of benzene rings is 1. The standard InChI is InChI=1S/C9H6FNO4/c1-5(13)7-3-8(10)6(4-12)2-9(7)11(14)15/h2-4H,1H3. The van der Waals surface area contributed by atoms with Crippen molar-refractivity contribution in [1.82, 2.24) is 0 Å². The Kier molecular flexibility index (Phi) is 2.89. The maximum absolute atomic E-state index is 13.0. The molecule has 0 fully saturated rings. The number of carbonyl (C=O) groups is 2. The quantitative estimate of drug-likeness (QED) is 0.330. The zero-order valence-electron chi connectivity index (χ0n) is 7.69. The maximum atomic E-state index is 13.0. The van der Waals surface area contributed by atoms with E-state index in [0.717, 1.165) is 13.0 Å². The Morgan fingerprint density at radius 1 is 1.53 bits per heavy atom. The van der Waals surface area contributed by atoms with Crippen molar-refractivity contribution >= 4 is 17.8 Å². The first kappa shape index (κ1) is 11.0. The SMILES string of the molecule is CC(=O)c1cc(F)c(C=O)cc1[N+](=O)[O-]. The number of nitrogens with zero attached hydrogens (tertiary/aromatic N) is 1. The lowest BCUT2D eigenvalue weighted by atomic mass is 10.1. The zero-order chi connectivity index (χ0) is 11.6. The van der Waals surface area contributed by atoms with Gasteiger partial charge in [0.2, 0.25) is 0 Å². The van der Waals surface area contributed by atoms with Crippen LogP contribution < -0.4 is 0 Å². The van der Waals surface area contributed by atoms with Gasteiger partial charge in [0, 0.05) is 6.07 Å². The highest BCUT2D eigenvalue weighted by Crippen LogP contribution is 2.22. The second kappa shape index (κ2) is 3.95. The molecule has 0 aliphatic rings. The third-order valence-electron chi connectivity index (χ3n) is 1.82. The number of rotatable bonds is 3. The second-order valence-corrected chi connectivity index (χ2v) is 2.82. The summed E-state index contributed by atoms with van der Waals surface area (Å²) in [5, 5.41) is 10.5. The van der Waals surface area contributed by atoms with Gasteiger partial charge < -0.3 is 0 Å². The van der Waals surface area contributed by atoms with Crippen LogP contribution in [0.1, 0.15) is 27.6 Å². The van der Waals surface area contributed by atoms with Crippen LogP contribution in [0.2, 0.25) is 0 Å². The van der Waals surface area contributed by atoms with Crippen LogP contribution in [0.25, 0.3) is 0 Å². The Labute approximate surface area is 83.7 Å². The van der Waals surface area contributed by atoms with Crippen LogP contribution in [0.3, 0.4) is 0 Å². The second-order valence-electron chi connectivity index (χ2n) is 2.82. The van der Waals surface area contributed by atoms with Crippen molar-refractivity contribution in [3.8, 4) is 0 Å². The van der Waals surface area contributed by atoms with Gasteiger partial charge in [0.15, 0.2) is 12.1 Å². The summed E-state index contributed by atoms with van der Waals surface area (Å²) in [6, 6.07) is 1.45. The minimum absolute atomic E-state index is 0.159. The summed E-state index contributed by atoms with van der Waals surface area (Å²) in [4.78, 5) is 31.0. The minimum atomic E-state index is -0.944. The molecule has 0 saturated carbocycles. The normalized spacial score (nSPS) is 9.73. The van der Waals surface area contributed by atoms with E-state index in [4.69, 9.17) is 0 Å². The molecule has 0 heterocycles. The van der Waals surface area contributed by atoms with Crippen molar-refractivity contribution in [3.63, 3.8) is 0 Å². The summed E-state index contributed by atoms with van der Waals surface area (Å²) in [7, 11) is 0. The summed E-state index contributed by atoms with van der Waals surface area (Å²) in [5.74, 6) is -1.57. The average Bonchev–Trinajstić information content (AvgIpc) is 2.16. The molecule has 0 amide bonds. The topological polar surface area (TPSA) is 77.3 Å². The smallest absolute Gasteiger partial charge is 0.281 e. The monoisotopic (exact) mass is 211 g/mol. The van der Waals surface area contributed by atoms with Gasteiger partial charge in [0.1, 0.15) is 5.82 Å². The van der Waals surface area contributed by atoms with Crippen molar-refractivity contribution < 1.29 is 18.9 Å². The fraction of sp³-hybridized carbons (Fsp3) is 0.111. The number of ketones is 1. The van der Waals surface area contributed by atoms with Crippen molar-refractivity contribution in [3.05, 3.63) is 39.2 Å². The molecule has 0 radical (unpaired) electrons. The third kappa shape index (κ3) is 2.04. The predicted molar refractivity (Wildman–Crippen MR) is 48.4 cm³/mol. The Morgan fingerprint density at radius 3 is 2.53 bits per heavy atom. The fourth-order valence-electron chi connectivity index (χ4n) is 1.10. The van der Waals surface area contributed by atoms with Crippen LogP contribution in [0, 0.1) is 15.9 Å². The lowest BCUT2D eigenvalue weighted by Crippen LogP contribution is -2.03. The number of aldehydes is 1. The highest BCUT2D eigenvalue weighted by molar-refractivity contribution is 5.99. The Balaban J connectivity index is 3.52. The first-order valence-electron chi connectivity index (χ1n) is 3.91. The van der Waals surface area contributed by atoms with Crippen molar-refractivity contribution in [2.45, 2.75) is 6.92 Å². The van der Waals surface area contributed by atoms with Crippen molar-refractivity contribution in [2.75, 3.05) is 0 Å². The van der Waals surface area contributed by atoms with E-state index in [-0.39, 0.29) is 11.8 Å². The van der Waals surface area contributed by atoms with E-state index < -0.39 is 27.8 Å². The van der Waals surface area contributed by atoms with Crippen LogP contribution in [0.4, 0.5) is 10.1 Å². The molecule has 0 unspecified atom stereocenters. The molecule has 15 heavy (non-hydrogen) atoms. The molecule has 0 bridgehead atoms. The third-order valence-corrected chi connectivity index (χ3v) is 1.82. The number of Topliss-reactive ketones (excluding diaryl/α,β-unsaturated/α-hetero) is 1. The first-order valence-corrected chi connectivity index (χ1v) is 3.91. The lowest BCUT2D eigenvalue weighted by Gasteiger charge is -2.00. The van der Waals surface area contributed by atoms with Crippen molar-refractivity contribution in [2.24, 2.45) is 0 Å². The van der Waals surface area contributed by atoms with E-state index >= 15 is 0 Å². The number of nitro groups is 1. The zero-order valence-corrected chi connectivity index (χ0v) is 7.69. The molecule has 6 heteroatoms. The molecule has 78 valence electrons. The van der Waals surface area contributed by atoms with Gasteiger partial charge in [-0.15, -0.1) is 0 Å². The average molecular weight is 211 g/mol. The molecule has 1 aromatic rings. The molecule has 0 atom stereocenters. The predicted octanol–water partition coefficient (Wildman–Crippen LogP) is 1.75. The number of hydrogen-bond donors (Lipinski definition) is 0. The highest BCUT2D eigenvalue weighted by atomic mass is 19.1. The number of hydrogen-bond acceptors (Lipinski definition) is 4. The molecule has 1 rings (SSSR count). The summed E-state index contributed by atoms with van der Waals surface area (Å²) < 4.78 is 13.0. The maximum Gasteiger partial charge on any atom is 0.281 e. The largest absolute Gasteiger partial charge is 0.298 e. The number of carbonyl (C=O) groups excluding carboxylic acids is 2. The van der Waals surface area contributed by atoms with E-state index in [9.17, 15) is 24.1 Å². The van der Waals surface area contributed by atoms with E-state index in [1.54, 1.807) is 0 Å². The molecule has 0 aliphatic carbocycles. The van der Waals surface area contributed by atoms with Gasteiger partial charge in [-0.3, -0.25) is 19.7 Å². The Hall–Kier alpha value is -2.11. The lowest BCUT2D eigenvalue weighted by molar-refractivity contribution is -0.385. The first-order chi connectivity index (χ1) is 6.97. The molecule has 0 N–H and O–H groups in total. The number of halogens is 1. The molecular weight excluding hydrogens is 205 g/mol. The molecule has 0 aliphatic heterocycles. The molecule has 0 saturated heterocycles. The molecular formula is C9H6FNO4. The van der Waals surface area contributed by atoms with Crippen molar-refractivity contribution in [1.29, 1.82) is 0 Å². The van der Waals surface area contributed by atoms with Crippen LogP contribution in [0.15, 0.2) is 12.1 Å². The Morgan fingerprint density at radius 2 is 2.13 bits per heavy atom. The summed E-state index contributed by atoms with van der Waals surface area (Å²) in [6.45, 7) is 1.09. The van der Waals surface area contributed by atoms with E-state index in [1.807, 2.05) is 0 Å². The molecule has 1 aromatic carbocycles. The fourth-order valence-corrected chi connectivity index (χ4v) is 1.10. The Bertz CT molecular complexity index is 456. The van der Waals surface area contributed by atoms with Crippen LogP contribution in [-0.2, 0) is 0 Å². The minimum Gasteiger partial charge on any atom is -0.298 e. The van der Waals surface area contributed by atoms with Crippen LogP contribution in [-0.4, -0.2) is 17.0 Å². The molecule has 5 nitrogen and oxygen atoms in total. The van der Waals surface area contributed by atoms with E-state index in [0.29, 0.717) is 6.07 Å². The van der Waals surface area contributed by atoms with Gasteiger partial charge in [-0.25, -0.2) is 4.39 Å². The summed E-state index contributed by atoms with van der Waals surface area (Å²) >= 11 is 0. The molecule has 0 spiro atoms. The van der Waals surface area contributed by atoms with Crippen LogP contribution >= 0.6 is 0 Å². The van der Waals surface area contributed by atoms with Gasteiger partial charge in [0.05, 0.1) is 16.1 Å². The van der Waals surface area contributed by atoms with Gasteiger partial charge in [-0.05, 0) is 13.0 Å². The van der Waals surface area contributed by atoms with E-state index in [2.05, 4.69) is 0 Å². The highest BCUT2D eigenvalue weighted by Gasteiger charge is 2.20.